The largest absolute Gasteiger partial charge is 0.394 e. The van der Waals surface area contributed by atoms with Crippen LogP contribution >= 0.6 is 11.6 Å². The quantitative estimate of drug-likeness (QED) is 0.413. The van der Waals surface area contributed by atoms with Crippen molar-refractivity contribution in [2.75, 3.05) is 11.5 Å². The molecular weight excluding hydrogens is 355 g/mol. The van der Waals surface area contributed by atoms with E-state index in [1.165, 1.54) is 17.0 Å². The molecule has 0 bridgehead atoms. The number of amidine groups is 1. The summed E-state index contributed by atoms with van der Waals surface area (Å²) in [6, 6.07) is 13.6. The van der Waals surface area contributed by atoms with Crippen LogP contribution in [0.15, 0.2) is 53.7 Å². The topological polar surface area (TPSA) is 41.9 Å². The molecule has 0 atom stereocenters. The molecule has 0 radical (unpaired) electrons. The van der Waals surface area contributed by atoms with E-state index in [0.29, 0.717) is 12.5 Å². The molecule has 3 rings (SSSR count). The van der Waals surface area contributed by atoms with E-state index in [1.807, 2.05) is 30.3 Å². The third kappa shape index (κ3) is 4.61. The van der Waals surface area contributed by atoms with E-state index >= 15 is 0 Å². The molecule has 0 saturated heterocycles. The number of oxime groups is 1. The minimum Gasteiger partial charge on any atom is -0.394 e. The molecule has 2 aromatic carbocycles. The second-order valence-corrected chi connectivity index (χ2v) is 6.75. The molecule has 0 heterocycles. The number of amides is 1. The van der Waals surface area contributed by atoms with Crippen LogP contribution < -0.4 is 4.90 Å². The van der Waals surface area contributed by atoms with E-state index < -0.39 is 5.82 Å². The third-order valence-corrected chi connectivity index (χ3v) is 4.44. The summed E-state index contributed by atoms with van der Waals surface area (Å²) in [5.74, 6) is -0.147. The molecule has 4 nitrogen and oxygen atoms in total. The molecule has 0 N–H and O–H groups in total. The van der Waals surface area contributed by atoms with Crippen LogP contribution in [0.4, 0.5) is 10.1 Å². The second-order valence-electron chi connectivity index (χ2n) is 6.34. The summed E-state index contributed by atoms with van der Waals surface area (Å²) in [6.07, 6.45) is 2.36. The Kier molecular flexibility index (Phi) is 5.89. The van der Waals surface area contributed by atoms with Gasteiger partial charge in [-0.15, -0.1) is 0 Å². The minimum atomic E-state index is -0.587. The van der Waals surface area contributed by atoms with Crippen molar-refractivity contribution in [2.24, 2.45) is 11.1 Å². The predicted molar refractivity (Wildman–Crippen MR) is 101 cm³/mol. The molecule has 136 valence electrons. The van der Waals surface area contributed by atoms with Gasteiger partial charge in [-0.05, 0) is 43.4 Å². The van der Waals surface area contributed by atoms with Gasteiger partial charge in [-0.25, -0.2) is 4.39 Å². The van der Waals surface area contributed by atoms with E-state index in [2.05, 4.69) is 5.16 Å². The first-order valence-electron chi connectivity index (χ1n) is 8.53. The van der Waals surface area contributed by atoms with Crippen LogP contribution in [0, 0.1) is 11.7 Å². The molecule has 1 aliphatic carbocycles. The van der Waals surface area contributed by atoms with Gasteiger partial charge in [-0.3, -0.25) is 9.69 Å². The Hall–Kier alpha value is -2.40. The first-order chi connectivity index (χ1) is 12.6. The van der Waals surface area contributed by atoms with Crippen LogP contribution in [0.2, 0.25) is 5.02 Å². The smallest absolute Gasteiger partial charge is 0.237 e. The number of carbonyl (C=O) groups excluding carboxylic acids is 1. The van der Waals surface area contributed by atoms with E-state index in [4.69, 9.17) is 16.4 Å². The van der Waals surface area contributed by atoms with Gasteiger partial charge >= 0.3 is 0 Å². The first-order valence-corrected chi connectivity index (χ1v) is 8.91. The van der Waals surface area contributed by atoms with Gasteiger partial charge in [0.05, 0.1) is 11.4 Å². The van der Waals surface area contributed by atoms with Crippen molar-refractivity contribution in [3.63, 3.8) is 0 Å². The molecule has 6 heteroatoms. The summed E-state index contributed by atoms with van der Waals surface area (Å²) in [6.45, 7) is 2.11. The monoisotopic (exact) mass is 374 g/mol. The van der Waals surface area contributed by atoms with Crippen molar-refractivity contribution in [1.82, 2.24) is 0 Å². The number of benzene rings is 2. The lowest BCUT2D eigenvalue weighted by Crippen LogP contribution is -2.37. The Balaban J connectivity index is 1.88. The molecule has 26 heavy (non-hydrogen) atoms. The third-order valence-electron chi connectivity index (χ3n) is 4.14. The number of nitrogens with zero attached hydrogens (tertiary/aromatic N) is 2. The normalized spacial score (nSPS) is 14.2. The number of anilines is 1. The summed E-state index contributed by atoms with van der Waals surface area (Å²) in [4.78, 5) is 19.5. The van der Waals surface area contributed by atoms with Crippen LogP contribution in [0.25, 0.3) is 0 Å². The van der Waals surface area contributed by atoms with Crippen LogP contribution in [-0.2, 0) is 16.1 Å². The summed E-state index contributed by atoms with van der Waals surface area (Å²) in [7, 11) is 0. The van der Waals surface area contributed by atoms with Crippen molar-refractivity contribution < 1.29 is 14.0 Å². The van der Waals surface area contributed by atoms with Crippen molar-refractivity contribution in [3.05, 3.63) is 64.9 Å². The van der Waals surface area contributed by atoms with Crippen molar-refractivity contribution in [3.8, 4) is 0 Å². The van der Waals surface area contributed by atoms with Crippen LogP contribution in [0.1, 0.15) is 25.3 Å². The average Bonchev–Trinajstić information content (AvgIpc) is 3.43. The number of carbonyl (C=O) groups is 1. The molecule has 2 aromatic rings. The summed E-state index contributed by atoms with van der Waals surface area (Å²) >= 11 is 6.18. The van der Waals surface area contributed by atoms with E-state index in [-0.39, 0.29) is 28.9 Å². The van der Waals surface area contributed by atoms with Crippen molar-refractivity contribution in [1.29, 1.82) is 0 Å². The number of para-hydroxylation sites is 1. The summed E-state index contributed by atoms with van der Waals surface area (Å²) in [5.41, 5.74) is 0.813. The zero-order valence-corrected chi connectivity index (χ0v) is 15.2. The Morgan fingerprint density at radius 2 is 1.96 bits per heavy atom. The van der Waals surface area contributed by atoms with Crippen LogP contribution in [0.5, 0.6) is 0 Å². The summed E-state index contributed by atoms with van der Waals surface area (Å²) < 4.78 is 14.4. The highest BCUT2D eigenvalue weighted by Gasteiger charge is 2.26. The lowest BCUT2D eigenvalue weighted by molar-refractivity contribution is -0.117. The van der Waals surface area contributed by atoms with Gasteiger partial charge in [0.2, 0.25) is 5.91 Å². The zero-order chi connectivity index (χ0) is 18.5. The van der Waals surface area contributed by atoms with Gasteiger partial charge in [0.25, 0.3) is 0 Å². The Bertz CT molecular complexity index is 786. The highest BCUT2D eigenvalue weighted by atomic mass is 35.5. The highest BCUT2D eigenvalue weighted by molar-refractivity contribution is 6.35. The van der Waals surface area contributed by atoms with Crippen LogP contribution in [-0.4, -0.2) is 18.3 Å². The molecule has 0 unspecified atom stereocenters. The molecule has 0 aromatic heterocycles. The number of hydrogen-bond donors (Lipinski definition) is 0. The Morgan fingerprint density at radius 1 is 1.23 bits per heavy atom. The second kappa shape index (κ2) is 8.32. The standard InChI is InChI=1S/C20H20ClFN2O2/c1-14(23-26-13-16-10-11-16)24(20-17(21)8-5-9-18(20)22)19(25)12-15-6-3-2-4-7-15/h2-9,16H,10-13H2,1H3. The fraction of sp³-hybridized carbons (Fsp3) is 0.300. The van der Waals surface area contributed by atoms with Crippen molar-refractivity contribution in [2.45, 2.75) is 26.2 Å². The maximum absolute atomic E-state index is 14.4. The lowest BCUT2D eigenvalue weighted by atomic mass is 10.1. The average molecular weight is 375 g/mol. The molecule has 1 amide bonds. The fourth-order valence-electron chi connectivity index (χ4n) is 2.58. The van der Waals surface area contributed by atoms with E-state index in [0.717, 1.165) is 18.4 Å². The molecular formula is C20H20ClFN2O2. The highest BCUT2D eigenvalue weighted by Crippen LogP contribution is 2.31. The molecule has 1 saturated carbocycles. The zero-order valence-electron chi connectivity index (χ0n) is 14.5. The van der Waals surface area contributed by atoms with Gasteiger partial charge in [-0.1, -0.05) is 53.2 Å². The SMILES string of the molecule is CC(=NOCC1CC1)N(C(=O)Cc1ccccc1)c1c(F)cccc1Cl. The number of hydrogen-bond acceptors (Lipinski definition) is 3. The van der Waals surface area contributed by atoms with Crippen molar-refractivity contribution >= 4 is 29.0 Å². The first kappa shape index (κ1) is 18.4. The maximum atomic E-state index is 14.4. The van der Waals surface area contributed by atoms with Gasteiger partial charge in [-0.2, -0.15) is 0 Å². The van der Waals surface area contributed by atoms with E-state index in [1.54, 1.807) is 13.0 Å². The number of halogens is 2. The minimum absolute atomic E-state index is 0.00799. The van der Waals surface area contributed by atoms with Gasteiger partial charge < -0.3 is 4.84 Å². The van der Waals surface area contributed by atoms with Gasteiger partial charge in [0.15, 0.2) is 5.84 Å². The Morgan fingerprint density at radius 3 is 2.62 bits per heavy atom. The predicted octanol–water partition coefficient (Wildman–Crippen LogP) is 4.81. The lowest BCUT2D eigenvalue weighted by Gasteiger charge is -2.23. The number of rotatable bonds is 6. The van der Waals surface area contributed by atoms with Crippen LogP contribution in [0.3, 0.4) is 0 Å². The maximum Gasteiger partial charge on any atom is 0.237 e. The van der Waals surface area contributed by atoms with Gasteiger partial charge in [0.1, 0.15) is 18.1 Å². The molecule has 1 aliphatic rings. The molecule has 0 spiro atoms. The molecule has 0 aliphatic heterocycles. The van der Waals surface area contributed by atoms with E-state index in [9.17, 15) is 9.18 Å². The summed E-state index contributed by atoms with van der Waals surface area (Å²) in [5, 5.41) is 4.16. The molecule has 1 fully saturated rings. The Labute approximate surface area is 157 Å². The van der Waals surface area contributed by atoms with Gasteiger partial charge in [0, 0.05) is 0 Å². The fourth-order valence-corrected chi connectivity index (χ4v) is 2.83.